The van der Waals surface area contributed by atoms with Crippen molar-refractivity contribution in [1.29, 1.82) is 0 Å². The molecule has 0 radical (unpaired) electrons. The molecular weight excluding hydrogens is 379 g/mol. The summed E-state index contributed by atoms with van der Waals surface area (Å²) in [6.07, 6.45) is 1.79. The summed E-state index contributed by atoms with van der Waals surface area (Å²) < 4.78 is 5.35. The molecule has 0 saturated carbocycles. The van der Waals surface area contributed by atoms with Crippen molar-refractivity contribution in [3.63, 3.8) is 0 Å². The molecule has 0 amide bonds. The number of hydrogen-bond donors (Lipinski definition) is 0. The minimum absolute atomic E-state index is 1.24. The van der Waals surface area contributed by atoms with E-state index in [1.54, 1.807) is 13.4 Å². The van der Waals surface area contributed by atoms with Gasteiger partial charge in [-0.25, -0.2) is 0 Å². The first kappa shape index (κ1) is 17.0. The zero-order valence-corrected chi connectivity index (χ0v) is 16.0. The second-order valence-corrected chi connectivity index (χ2v) is 14.0. The SMILES string of the molecule is CO/C=C/P(Br)(c1ccccc1)(c1ccccc1)c1ccccc1. The molecule has 24 heavy (non-hydrogen) atoms. The minimum atomic E-state index is -2.95. The molecule has 3 heteroatoms. The van der Waals surface area contributed by atoms with Gasteiger partial charge in [-0.1, -0.05) is 0 Å². The van der Waals surface area contributed by atoms with Gasteiger partial charge in [0, 0.05) is 0 Å². The summed E-state index contributed by atoms with van der Waals surface area (Å²) in [5, 5.41) is 0.788. The van der Waals surface area contributed by atoms with Crippen molar-refractivity contribution >= 4 is 36.7 Å². The second kappa shape index (κ2) is 6.93. The van der Waals surface area contributed by atoms with Crippen molar-refractivity contribution in [2.75, 3.05) is 7.11 Å². The van der Waals surface area contributed by atoms with Crippen LogP contribution in [0.4, 0.5) is 0 Å². The van der Waals surface area contributed by atoms with E-state index in [0.29, 0.717) is 0 Å². The average Bonchev–Trinajstić information content (AvgIpc) is 2.68. The third-order valence-corrected chi connectivity index (χ3v) is 13.3. The number of methoxy groups -OCH3 is 1. The van der Waals surface area contributed by atoms with E-state index in [9.17, 15) is 0 Å². The molecule has 122 valence electrons. The first-order chi connectivity index (χ1) is 11.7. The molecule has 0 bridgehead atoms. The number of ether oxygens (including phenoxy) is 1. The summed E-state index contributed by atoms with van der Waals surface area (Å²) >= 11 is 4.28. The molecule has 3 aromatic rings. The second-order valence-electron chi connectivity index (χ2n) is 5.60. The van der Waals surface area contributed by atoms with E-state index in [-0.39, 0.29) is 0 Å². The Labute approximate surface area is 151 Å². The van der Waals surface area contributed by atoms with Crippen molar-refractivity contribution < 1.29 is 4.74 Å². The van der Waals surface area contributed by atoms with Crippen LogP contribution in [0.2, 0.25) is 0 Å². The van der Waals surface area contributed by atoms with Gasteiger partial charge in [0.2, 0.25) is 0 Å². The van der Waals surface area contributed by atoms with Crippen LogP contribution in [-0.2, 0) is 4.74 Å². The molecule has 0 aliphatic carbocycles. The predicted molar refractivity (Wildman–Crippen MR) is 110 cm³/mol. The monoisotopic (exact) mass is 398 g/mol. The molecule has 0 unspecified atom stereocenters. The maximum absolute atomic E-state index is 5.35. The number of hydrogen-bond acceptors (Lipinski definition) is 1. The third kappa shape index (κ3) is 2.70. The van der Waals surface area contributed by atoms with E-state index in [1.807, 2.05) is 18.2 Å². The summed E-state index contributed by atoms with van der Waals surface area (Å²) in [6.45, 7) is 0. The van der Waals surface area contributed by atoms with Gasteiger partial charge in [-0.15, -0.1) is 0 Å². The van der Waals surface area contributed by atoms with Gasteiger partial charge in [-0.2, -0.15) is 0 Å². The van der Waals surface area contributed by atoms with Crippen molar-refractivity contribution in [2.24, 2.45) is 0 Å². The Morgan fingerprint density at radius 2 is 1.00 bits per heavy atom. The molecule has 0 N–H and O–H groups in total. The van der Waals surface area contributed by atoms with Gasteiger partial charge in [0.25, 0.3) is 0 Å². The van der Waals surface area contributed by atoms with Crippen molar-refractivity contribution in [1.82, 2.24) is 0 Å². The molecule has 1 nitrogen and oxygen atoms in total. The van der Waals surface area contributed by atoms with Crippen LogP contribution in [0.25, 0.3) is 0 Å². The van der Waals surface area contributed by atoms with Crippen molar-refractivity contribution in [3.05, 3.63) is 103 Å². The van der Waals surface area contributed by atoms with Gasteiger partial charge in [-0.3, -0.25) is 0 Å². The van der Waals surface area contributed by atoms with Crippen LogP contribution in [0.3, 0.4) is 0 Å². The molecule has 0 aliphatic rings. The Morgan fingerprint density at radius 1 is 0.667 bits per heavy atom. The number of benzene rings is 3. The quantitative estimate of drug-likeness (QED) is 0.436. The van der Waals surface area contributed by atoms with Crippen LogP contribution in [0.1, 0.15) is 0 Å². The summed E-state index contributed by atoms with van der Waals surface area (Å²) in [4.78, 5) is 0. The van der Waals surface area contributed by atoms with Crippen LogP contribution in [0.5, 0.6) is 0 Å². The Morgan fingerprint density at radius 3 is 1.29 bits per heavy atom. The average molecular weight is 399 g/mol. The Balaban J connectivity index is 2.45. The first-order valence-electron chi connectivity index (χ1n) is 7.81. The Hall–Kier alpha value is -1.89. The molecule has 0 aromatic heterocycles. The number of rotatable bonds is 5. The fourth-order valence-corrected chi connectivity index (χ4v) is 9.48. The van der Waals surface area contributed by atoms with E-state index in [1.165, 1.54) is 15.9 Å². The van der Waals surface area contributed by atoms with E-state index < -0.39 is 5.31 Å². The summed E-state index contributed by atoms with van der Waals surface area (Å²) in [5.41, 5.74) is 0. The molecule has 0 saturated heterocycles. The summed E-state index contributed by atoms with van der Waals surface area (Å²) in [6, 6.07) is 31.8. The molecule has 0 aliphatic heterocycles. The van der Waals surface area contributed by atoms with Gasteiger partial charge in [0.1, 0.15) is 0 Å². The molecule has 3 aromatic carbocycles. The van der Waals surface area contributed by atoms with Crippen LogP contribution < -0.4 is 15.9 Å². The van der Waals surface area contributed by atoms with E-state index in [4.69, 9.17) is 4.74 Å². The summed E-state index contributed by atoms with van der Waals surface area (Å²) in [5.74, 6) is 2.20. The van der Waals surface area contributed by atoms with Gasteiger partial charge in [0.15, 0.2) is 0 Å². The predicted octanol–water partition coefficient (Wildman–Crippen LogP) is 4.94. The van der Waals surface area contributed by atoms with Gasteiger partial charge < -0.3 is 0 Å². The maximum atomic E-state index is 5.35. The molecule has 0 heterocycles. The van der Waals surface area contributed by atoms with E-state index >= 15 is 0 Å². The zero-order chi connectivity index (χ0) is 16.9. The van der Waals surface area contributed by atoms with Gasteiger partial charge in [0.05, 0.1) is 0 Å². The fraction of sp³-hybridized carbons (Fsp3) is 0.0476. The first-order valence-corrected chi connectivity index (χ1v) is 12.1. The fourth-order valence-electron chi connectivity index (χ4n) is 3.04. The molecular formula is C21H20BrOP. The van der Waals surface area contributed by atoms with Crippen LogP contribution >= 0.6 is 20.8 Å². The van der Waals surface area contributed by atoms with E-state index in [0.717, 1.165) is 0 Å². The third-order valence-electron chi connectivity index (χ3n) is 4.26. The molecule has 3 rings (SSSR count). The van der Waals surface area contributed by atoms with Crippen molar-refractivity contribution in [3.8, 4) is 0 Å². The Bertz CT molecular complexity index is 717. The van der Waals surface area contributed by atoms with Gasteiger partial charge >= 0.3 is 152 Å². The number of halogens is 1. The Kier molecular flexibility index (Phi) is 4.89. The normalized spacial score (nSPS) is 13.3. The molecule has 0 spiro atoms. The van der Waals surface area contributed by atoms with Gasteiger partial charge in [-0.05, 0) is 0 Å². The van der Waals surface area contributed by atoms with Crippen LogP contribution in [0.15, 0.2) is 103 Å². The van der Waals surface area contributed by atoms with Crippen LogP contribution in [-0.4, -0.2) is 7.11 Å². The zero-order valence-electron chi connectivity index (χ0n) is 13.5. The van der Waals surface area contributed by atoms with E-state index in [2.05, 4.69) is 94.1 Å². The standard InChI is InChI=1S/C21H20BrOP/c1-23-17-18-24(22,19-11-5-2-6-12-19,20-13-7-3-8-14-20)21-15-9-4-10-16-21/h2-18H,1H3/b18-17+. The van der Waals surface area contributed by atoms with Crippen LogP contribution in [0, 0.1) is 0 Å². The molecule has 0 atom stereocenters. The molecule has 0 fully saturated rings. The topological polar surface area (TPSA) is 9.23 Å². The summed E-state index contributed by atoms with van der Waals surface area (Å²) in [7, 11) is 1.69. The van der Waals surface area contributed by atoms with Crippen molar-refractivity contribution in [2.45, 2.75) is 0 Å².